The number of nitrogens with one attached hydrogen (secondary N) is 2. The number of amides is 1. The second-order valence-electron chi connectivity index (χ2n) is 4.89. The molecule has 1 aliphatic heterocycles. The van der Waals surface area contributed by atoms with Crippen LogP contribution < -0.4 is 10.6 Å². The van der Waals surface area contributed by atoms with Crippen LogP contribution in [0.5, 0.6) is 0 Å². The Bertz CT molecular complexity index is 490. The zero-order valence-electron chi connectivity index (χ0n) is 10.7. The fourth-order valence-corrected chi connectivity index (χ4v) is 2.16. The number of aromatic carboxylic acids is 1. The third-order valence-corrected chi connectivity index (χ3v) is 3.24. The van der Waals surface area contributed by atoms with Crippen LogP contribution in [0.4, 0.5) is 5.69 Å². The molecular weight excluding hydrogens is 246 g/mol. The molecule has 19 heavy (non-hydrogen) atoms. The highest BCUT2D eigenvalue weighted by atomic mass is 16.4. The summed E-state index contributed by atoms with van der Waals surface area (Å²) in [5.41, 5.74) is 0.465. The molecule has 1 aromatic heterocycles. The van der Waals surface area contributed by atoms with Crippen LogP contribution in [0.1, 0.15) is 30.1 Å². The number of carbonyl (C=O) groups is 2. The fourth-order valence-electron chi connectivity index (χ4n) is 2.16. The summed E-state index contributed by atoms with van der Waals surface area (Å²) in [6.45, 7) is 2.94. The summed E-state index contributed by atoms with van der Waals surface area (Å²) in [6.07, 6.45) is 4.55. The second kappa shape index (κ2) is 5.79. The van der Waals surface area contributed by atoms with Gasteiger partial charge in [-0.1, -0.05) is 6.92 Å². The molecule has 2 heterocycles. The average molecular weight is 263 g/mol. The summed E-state index contributed by atoms with van der Waals surface area (Å²) < 4.78 is 0. The molecule has 2 rings (SSSR count). The normalized spacial score (nSPS) is 22.8. The van der Waals surface area contributed by atoms with Gasteiger partial charge in [0.1, 0.15) is 0 Å². The van der Waals surface area contributed by atoms with E-state index >= 15 is 0 Å². The van der Waals surface area contributed by atoms with Crippen LogP contribution in [-0.2, 0) is 4.79 Å². The molecule has 1 aliphatic rings. The van der Waals surface area contributed by atoms with Crippen molar-refractivity contribution in [3.8, 4) is 0 Å². The van der Waals surface area contributed by atoms with E-state index in [9.17, 15) is 9.59 Å². The van der Waals surface area contributed by atoms with E-state index in [4.69, 9.17) is 5.11 Å². The van der Waals surface area contributed by atoms with Crippen LogP contribution in [0.3, 0.4) is 0 Å². The van der Waals surface area contributed by atoms with Crippen LogP contribution in [0.25, 0.3) is 0 Å². The lowest BCUT2D eigenvalue weighted by molar-refractivity contribution is -0.119. The summed E-state index contributed by atoms with van der Waals surface area (Å²) in [7, 11) is 0. The molecule has 3 N–H and O–H groups in total. The Balaban J connectivity index is 2.02. The Hall–Kier alpha value is -1.95. The maximum Gasteiger partial charge on any atom is 0.337 e. The number of carboxylic acids is 1. The van der Waals surface area contributed by atoms with Gasteiger partial charge < -0.3 is 15.7 Å². The van der Waals surface area contributed by atoms with Crippen molar-refractivity contribution in [2.24, 2.45) is 5.92 Å². The second-order valence-corrected chi connectivity index (χ2v) is 4.89. The number of hydrogen-bond acceptors (Lipinski definition) is 4. The molecule has 2 atom stereocenters. The number of pyridine rings is 1. The highest BCUT2D eigenvalue weighted by molar-refractivity contribution is 5.96. The molecule has 6 nitrogen and oxygen atoms in total. The lowest BCUT2D eigenvalue weighted by atomic mass is 9.94. The summed E-state index contributed by atoms with van der Waals surface area (Å²) >= 11 is 0. The summed E-state index contributed by atoms with van der Waals surface area (Å²) in [4.78, 5) is 26.7. The summed E-state index contributed by atoms with van der Waals surface area (Å²) in [5.74, 6) is -0.690. The van der Waals surface area contributed by atoms with Crippen molar-refractivity contribution in [2.75, 3.05) is 11.9 Å². The zero-order chi connectivity index (χ0) is 13.8. The minimum Gasteiger partial charge on any atom is -0.478 e. The highest BCUT2D eigenvalue weighted by Crippen LogP contribution is 2.17. The number of anilines is 1. The van der Waals surface area contributed by atoms with E-state index < -0.39 is 5.97 Å². The van der Waals surface area contributed by atoms with Crippen molar-refractivity contribution in [2.45, 2.75) is 25.8 Å². The van der Waals surface area contributed by atoms with Gasteiger partial charge in [0.2, 0.25) is 5.91 Å². The van der Waals surface area contributed by atoms with E-state index in [1.54, 1.807) is 0 Å². The fraction of sp³-hybridized carbons (Fsp3) is 0.462. The maximum absolute atomic E-state index is 12.0. The Morgan fingerprint density at radius 3 is 2.95 bits per heavy atom. The van der Waals surface area contributed by atoms with E-state index in [2.05, 4.69) is 22.5 Å². The van der Waals surface area contributed by atoms with Gasteiger partial charge in [-0.3, -0.25) is 9.78 Å². The number of rotatable bonds is 3. The molecule has 2 unspecified atom stereocenters. The van der Waals surface area contributed by atoms with Crippen molar-refractivity contribution in [3.05, 3.63) is 24.0 Å². The molecule has 1 saturated heterocycles. The van der Waals surface area contributed by atoms with Crippen LogP contribution in [0.2, 0.25) is 0 Å². The van der Waals surface area contributed by atoms with Crippen molar-refractivity contribution >= 4 is 17.6 Å². The van der Waals surface area contributed by atoms with E-state index in [0.29, 0.717) is 11.6 Å². The maximum atomic E-state index is 12.0. The average Bonchev–Trinajstić information content (AvgIpc) is 2.39. The van der Waals surface area contributed by atoms with Gasteiger partial charge in [-0.2, -0.15) is 0 Å². The Labute approximate surface area is 111 Å². The van der Waals surface area contributed by atoms with E-state index in [1.807, 2.05) is 0 Å². The number of nitrogens with zero attached hydrogens (tertiary/aromatic N) is 1. The minimum absolute atomic E-state index is 0.0581. The molecule has 1 aromatic rings. The standard InChI is InChI=1S/C13H17N3O3/c1-8-2-3-15-11(4-8)12(17)16-10-5-9(13(18)19)6-14-7-10/h5-8,11,15H,2-4H2,1H3,(H,16,17)(H,18,19). The first-order valence-corrected chi connectivity index (χ1v) is 6.29. The quantitative estimate of drug-likeness (QED) is 0.759. The van der Waals surface area contributed by atoms with E-state index in [-0.39, 0.29) is 17.5 Å². The lowest BCUT2D eigenvalue weighted by Gasteiger charge is -2.27. The number of aromatic nitrogens is 1. The molecule has 1 fully saturated rings. The van der Waals surface area contributed by atoms with Crippen molar-refractivity contribution in [3.63, 3.8) is 0 Å². The van der Waals surface area contributed by atoms with Crippen molar-refractivity contribution in [1.29, 1.82) is 0 Å². The van der Waals surface area contributed by atoms with Crippen LogP contribution in [0.15, 0.2) is 18.5 Å². The van der Waals surface area contributed by atoms with E-state index in [0.717, 1.165) is 19.4 Å². The number of carboxylic acid groups (broad SMARTS) is 1. The number of carbonyl (C=O) groups excluding carboxylic acids is 1. The third kappa shape index (κ3) is 3.51. The lowest BCUT2D eigenvalue weighted by Crippen LogP contribution is -2.45. The summed E-state index contributed by atoms with van der Waals surface area (Å²) in [5, 5.41) is 14.7. The number of hydrogen-bond donors (Lipinski definition) is 3. The first kappa shape index (κ1) is 13.5. The van der Waals surface area contributed by atoms with Gasteiger partial charge in [0.15, 0.2) is 0 Å². The molecule has 0 saturated carbocycles. The molecule has 0 radical (unpaired) electrons. The van der Waals surface area contributed by atoms with Gasteiger partial charge in [0, 0.05) is 6.20 Å². The predicted octanol–water partition coefficient (Wildman–Crippen LogP) is 1.11. The topological polar surface area (TPSA) is 91.3 Å². The van der Waals surface area contributed by atoms with Gasteiger partial charge in [-0.15, -0.1) is 0 Å². The zero-order valence-corrected chi connectivity index (χ0v) is 10.7. The monoisotopic (exact) mass is 263 g/mol. The SMILES string of the molecule is CC1CCNC(C(=O)Nc2cncc(C(=O)O)c2)C1. The smallest absolute Gasteiger partial charge is 0.337 e. The highest BCUT2D eigenvalue weighted by Gasteiger charge is 2.24. The Kier molecular flexibility index (Phi) is 4.11. The van der Waals surface area contributed by atoms with Crippen molar-refractivity contribution in [1.82, 2.24) is 10.3 Å². The molecule has 0 spiro atoms. The molecule has 0 aliphatic carbocycles. The molecule has 6 heteroatoms. The molecule has 102 valence electrons. The first-order valence-electron chi connectivity index (χ1n) is 6.29. The van der Waals surface area contributed by atoms with Crippen LogP contribution in [-0.4, -0.2) is 34.6 Å². The van der Waals surface area contributed by atoms with Gasteiger partial charge in [0.25, 0.3) is 0 Å². The minimum atomic E-state index is -1.06. The molecular formula is C13H17N3O3. The summed E-state index contributed by atoms with van der Waals surface area (Å²) in [6, 6.07) is 1.18. The molecule has 0 aromatic carbocycles. The largest absolute Gasteiger partial charge is 0.478 e. The van der Waals surface area contributed by atoms with Gasteiger partial charge in [-0.05, 0) is 31.4 Å². The number of piperidine rings is 1. The molecule has 0 bridgehead atoms. The van der Waals surface area contributed by atoms with Crippen LogP contribution >= 0.6 is 0 Å². The third-order valence-electron chi connectivity index (χ3n) is 3.24. The Morgan fingerprint density at radius 2 is 2.26 bits per heavy atom. The van der Waals surface area contributed by atoms with E-state index in [1.165, 1.54) is 18.5 Å². The van der Waals surface area contributed by atoms with Crippen LogP contribution in [0, 0.1) is 5.92 Å². The van der Waals surface area contributed by atoms with Gasteiger partial charge in [0.05, 0.1) is 23.5 Å². The Morgan fingerprint density at radius 1 is 1.47 bits per heavy atom. The van der Waals surface area contributed by atoms with Gasteiger partial charge >= 0.3 is 5.97 Å². The predicted molar refractivity (Wildman–Crippen MR) is 70.0 cm³/mol. The first-order chi connectivity index (χ1) is 9.06. The van der Waals surface area contributed by atoms with Crippen molar-refractivity contribution < 1.29 is 14.7 Å². The van der Waals surface area contributed by atoms with Gasteiger partial charge in [-0.25, -0.2) is 4.79 Å². The molecule has 1 amide bonds.